The highest BCUT2D eigenvalue weighted by Gasteiger charge is 2.37. The van der Waals surface area contributed by atoms with Gasteiger partial charge in [0.05, 0.1) is 0 Å². The lowest BCUT2D eigenvalue weighted by Gasteiger charge is -2.09. The van der Waals surface area contributed by atoms with Crippen LogP contribution >= 0.6 is 0 Å². The summed E-state index contributed by atoms with van der Waals surface area (Å²) in [5, 5.41) is 3.59. The third-order valence-corrected chi connectivity index (χ3v) is 3.46. The summed E-state index contributed by atoms with van der Waals surface area (Å²) in [6.45, 7) is 3.21. The minimum Gasteiger partial charge on any atom is -0.328 e. The molecule has 1 aliphatic rings. The Labute approximate surface area is 98.2 Å². The van der Waals surface area contributed by atoms with Crippen LogP contribution in [0.1, 0.15) is 37.7 Å². The molecule has 0 amide bonds. The van der Waals surface area contributed by atoms with E-state index in [1.165, 1.54) is 12.0 Å². The predicted octanol–water partition coefficient (Wildman–Crippen LogP) is 2.26. The first-order valence-electron chi connectivity index (χ1n) is 6.35. The molecule has 3 atom stereocenters. The maximum atomic E-state index is 5.89. The second kappa shape index (κ2) is 5.46. The minimum absolute atomic E-state index is 0.362. The first-order chi connectivity index (χ1) is 7.81. The van der Waals surface area contributed by atoms with Gasteiger partial charge in [-0.05, 0) is 31.4 Å². The van der Waals surface area contributed by atoms with Gasteiger partial charge >= 0.3 is 0 Å². The standard InChI is InChI=1S/C14H22N2/c1-2-12(15)8-9-16-14-10-13(14)11-6-4-3-5-7-11/h3-7,12-14,16H,2,8-10,15H2,1H3. The van der Waals surface area contributed by atoms with Gasteiger partial charge in [-0.15, -0.1) is 0 Å². The zero-order valence-corrected chi connectivity index (χ0v) is 10.0. The highest BCUT2D eigenvalue weighted by atomic mass is 15.0. The quantitative estimate of drug-likeness (QED) is 0.768. The number of hydrogen-bond donors (Lipinski definition) is 2. The molecule has 2 rings (SSSR count). The number of nitrogens with two attached hydrogens (primary N) is 1. The van der Waals surface area contributed by atoms with Crippen LogP contribution in [0.4, 0.5) is 0 Å². The van der Waals surface area contributed by atoms with E-state index in [1.54, 1.807) is 0 Å². The van der Waals surface area contributed by atoms with E-state index in [1.807, 2.05) is 0 Å². The fourth-order valence-electron chi connectivity index (χ4n) is 2.15. The van der Waals surface area contributed by atoms with Crippen molar-refractivity contribution < 1.29 is 0 Å². The van der Waals surface area contributed by atoms with Crippen LogP contribution in [-0.4, -0.2) is 18.6 Å². The Hall–Kier alpha value is -0.860. The summed E-state index contributed by atoms with van der Waals surface area (Å²) in [7, 11) is 0. The van der Waals surface area contributed by atoms with Crippen molar-refractivity contribution in [3.05, 3.63) is 35.9 Å². The van der Waals surface area contributed by atoms with Crippen molar-refractivity contribution in [2.75, 3.05) is 6.54 Å². The first kappa shape index (κ1) is 11.6. The normalized spacial score (nSPS) is 25.4. The third kappa shape index (κ3) is 3.06. The molecule has 3 unspecified atom stereocenters. The third-order valence-electron chi connectivity index (χ3n) is 3.46. The van der Waals surface area contributed by atoms with Crippen LogP contribution in [0.15, 0.2) is 30.3 Å². The topological polar surface area (TPSA) is 38.0 Å². The van der Waals surface area contributed by atoms with E-state index < -0.39 is 0 Å². The Balaban J connectivity index is 1.68. The predicted molar refractivity (Wildman–Crippen MR) is 68.5 cm³/mol. The van der Waals surface area contributed by atoms with E-state index in [9.17, 15) is 0 Å². The SMILES string of the molecule is CCC(N)CCNC1CC1c1ccccc1. The Morgan fingerprint density at radius 2 is 2.12 bits per heavy atom. The van der Waals surface area contributed by atoms with Crippen LogP contribution in [0.2, 0.25) is 0 Å². The van der Waals surface area contributed by atoms with Gasteiger partial charge in [0.15, 0.2) is 0 Å². The average molecular weight is 218 g/mol. The van der Waals surface area contributed by atoms with Gasteiger partial charge in [-0.25, -0.2) is 0 Å². The molecule has 0 aromatic heterocycles. The second-order valence-electron chi connectivity index (χ2n) is 4.77. The van der Waals surface area contributed by atoms with Crippen molar-refractivity contribution in [1.82, 2.24) is 5.32 Å². The van der Waals surface area contributed by atoms with Gasteiger partial charge < -0.3 is 11.1 Å². The van der Waals surface area contributed by atoms with E-state index in [-0.39, 0.29) is 0 Å². The first-order valence-corrected chi connectivity index (χ1v) is 6.35. The molecule has 0 spiro atoms. The van der Waals surface area contributed by atoms with Crippen molar-refractivity contribution in [3.63, 3.8) is 0 Å². The Kier molecular flexibility index (Phi) is 3.97. The van der Waals surface area contributed by atoms with Crippen molar-refractivity contribution in [3.8, 4) is 0 Å². The van der Waals surface area contributed by atoms with Gasteiger partial charge in [0.25, 0.3) is 0 Å². The molecule has 2 nitrogen and oxygen atoms in total. The highest BCUT2D eigenvalue weighted by Crippen LogP contribution is 2.40. The Morgan fingerprint density at radius 3 is 2.81 bits per heavy atom. The van der Waals surface area contributed by atoms with Crippen LogP contribution in [-0.2, 0) is 0 Å². The minimum atomic E-state index is 0.362. The van der Waals surface area contributed by atoms with Gasteiger partial charge in [-0.3, -0.25) is 0 Å². The largest absolute Gasteiger partial charge is 0.328 e. The summed E-state index contributed by atoms with van der Waals surface area (Å²) in [6.07, 6.45) is 3.45. The second-order valence-corrected chi connectivity index (χ2v) is 4.77. The van der Waals surface area contributed by atoms with E-state index in [0.717, 1.165) is 25.3 Å². The number of hydrogen-bond acceptors (Lipinski definition) is 2. The van der Waals surface area contributed by atoms with Gasteiger partial charge in [0, 0.05) is 18.0 Å². The zero-order valence-electron chi connectivity index (χ0n) is 10.0. The van der Waals surface area contributed by atoms with Crippen LogP contribution in [0.25, 0.3) is 0 Å². The van der Waals surface area contributed by atoms with Gasteiger partial charge in [-0.2, -0.15) is 0 Å². The number of nitrogens with one attached hydrogen (secondary N) is 1. The number of benzene rings is 1. The molecule has 2 heteroatoms. The lowest BCUT2D eigenvalue weighted by molar-refractivity contribution is 0.544. The zero-order chi connectivity index (χ0) is 11.4. The van der Waals surface area contributed by atoms with E-state index in [2.05, 4.69) is 42.6 Å². The molecule has 0 saturated heterocycles. The summed E-state index contributed by atoms with van der Waals surface area (Å²) in [4.78, 5) is 0. The summed E-state index contributed by atoms with van der Waals surface area (Å²) >= 11 is 0. The molecule has 1 fully saturated rings. The van der Waals surface area contributed by atoms with Crippen molar-refractivity contribution >= 4 is 0 Å². The fraction of sp³-hybridized carbons (Fsp3) is 0.571. The molecule has 88 valence electrons. The highest BCUT2D eigenvalue weighted by molar-refractivity contribution is 5.27. The Morgan fingerprint density at radius 1 is 1.38 bits per heavy atom. The van der Waals surface area contributed by atoms with Crippen molar-refractivity contribution in [2.24, 2.45) is 5.73 Å². The molecule has 0 radical (unpaired) electrons. The smallest absolute Gasteiger partial charge is 0.0143 e. The van der Waals surface area contributed by atoms with E-state index >= 15 is 0 Å². The summed E-state index contributed by atoms with van der Waals surface area (Å²) in [6, 6.07) is 11.8. The molecule has 1 aromatic carbocycles. The molecule has 3 N–H and O–H groups in total. The summed E-state index contributed by atoms with van der Waals surface area (Å²) in [5.41, 5.74) is 7.36. The molecule has 1 saturated carbocycles. The lowest BCUT2D eigenvalue weighted by Crippen LogP contribution is -2.27. The summed E-state index contributed by atoms with van der Waals surface area (Å²) in [5.74, 6) is 0.735. The van der Waals surface area contributed by atoms with Crippen LogP contribution < -0.4 is 11.1 Å². The van der Waals surface area contributed by atoms with Crippen molar-refractivity contribution in [2.45, 2.75) is 44.2 Å². The molecule has 16 heavy (non-hydrogen) atoms. The molecule has 0 aliphatic heterocycles. The fourth-order valence-corrected chi connectivity index (χ4v) is 2.15. The molecular formula is C14H22N2. The van der Waals surface area contributed by atoms with Crippen LogP contribution in [0.3, 0.4) is 0 Å². The lowest BCUT2D eigenvalue weighted by atomic mass is 10.1. The molecular weight excluding hydrogens is 196 g/mol. The maximum absolute atomic E-state index is 5.89. The van der Waals surface area contributed by atoms with Gasteiger partial charge in [0.2, 0.25) is 0 Å². The number of rotatable bonds is 6. The average Bonchev–Trinajstić information content (AvgIpc) is 3.09. The van der Waals surface area contributed by atoms with Gasteiger partial charge in [0.1, 0.15) is 0 Å². The summed E-state index contributed by atoms with van der Waals surface area (Å²) < 4.78 is 0. The van der Waals surface area contributed by atoms with Crippen molar-refractivity contribution in [1.29, 1.82) is 0 Å². The molecule has 0 heterocycles. The Bertz CT molecular complexity index is 310. The van der Waals surface area contributed by atoms with Crippen LogP contribution in [0, 0.1) is 0 Å². The molecule has 1 aliphatic carbocycles. The van der Waals surface area contributed by atoms with E-state index in [0.29, 0.717) is 12.1 Å². The van der Waals surface area contributed by atoms with E-state index in [4.69, 9.17) is 5.73 Å². The molecule has 0 bridgehead atoms. The molecule has 1 aromatic rings. The van der Waals surface area contributed by atoms with Gasteiger partial charge in [-0.1, -0.05) is 37.3 Å². The maximum Gasteiger partial charge on any atom is 0.0143 e. The van der Waals surface area contributed by atoms with Crippen LogP contribution in [0.5, 0.6) is 0 Å². The monoisotopic (exact) mass is 218 g/mol.